The van der Waals surface area contributed by atoms with Crippen molar-refractivity contribution >= 4 is 29.3 Å². The monoisotopic (exact) mass is 327 g/mol. The van der Waals surface area contributed by atoms with Crippen molar-refractivity contribution < 1.29 is 14.3 Å². The van der Waals surface area contributed by atoms with E-state index in [1.165, 1.54) is 0 Å². The van der Waals surface area contributed by atoms with E-state index >= 15 is 0 Å². The minimum atomic E-state index is -0.389. The van der Waals surface area contributed by atoms with Gasteiger partial charge in [-0.05, 0) is 36.2 Å². The van der Waals surface area contributed by atoms with Crippen LogP contribution in [0, 0.1) is 6.92 Å². The molecule has 0 saturated carbocycles. The highest BCUT2D eigenvalue weighted by Crippen LogP contribution is 2.31. The number of carbonyl (C=O) groups is 2. The number of aryl methyl sites for hydroxylation is 1. The molecule has 0 aliphatic carbocycles. The third-order valence-electron chi connectivity index (χ3n) is 3.70. The fraction of sp³-hybridized carbons (Fsp3) is 0.222. The van der Waals surface area contributed by atoms with Crippen molar-refractivity contribution in [3.8, 4) is 0 Å². The molecule has 1 amide bonds. The average Bonchev–Trinajstić information content (AvgIpc) is 2.73. The molecule has 5 heteroatoms. The fourth-order valence-corrected chi connectivity index (χ4v) is 3.28. The summed E-state index contributed by atoms with van der Waals surface area (Å²) in [5.41, 5.74) is 3.20. The Hall–Kier alpha value is -2.27. The lowest BCUT2D eigenvalue weighted by Crippen LogP contribution is -2.11. The number of fused-ring (bicyclic) bond motifs is 1. The van der Waals surface area contributed by atoms with Crippen molar-refractivity contribution in [1.82, 2.24) is 0 Å². The largest absolute Gasteiger partial charge is 0.457 e. The molecule has 2 aromatic carbocycles. The maximum Gasteiger partial charge on any atom is 0.338 e. The van der Waals surface area contributed by atoms with Crippen LogP contribution in [-0.2, 0) is 16.1 Å². The summed E-state index contributed by atoms with van der Waals surface area (Å²) in [6.45, 7) is 2.22. The number of carbonyl (C=O) groups excluding carboxylic acids is 2. The zero-order chi connectivity index (χ0) is 16.2. The standard InChI is InChI=1S/C18H17NO3S/c1-12-4-2-3-5-14(12)11-22-18(21)13-6-7-16-15(10-13)19-17(20)8-9-23-16/h2-7,10H,8-9,11H2,1H3,(H,19,20). The molecule has 0 aromatic heterocycles. The minimum absolute atomic E-state index is 0.0262. The smallest absolute Gasteiger partial charge is 0.338 e. The molecule has 23 heavy (non-hydrogen) atoms. The van der Waals surface area contributed by atoms with Crippen LogP contribution in [-0.4, -0.2) is 17.6 Å². The van der Waals surface area contributed by atoms with E-state index in [9.17, 15) is 9.59 Å². The van der Waals surface area contributed by atoms with Crippen LogP contribution in [0.2, 0.25) is 0 Å². The minimum Gasteiger partial charge on any atom is -0.457 e. The van der Waals surface area contributed by atoms with Crippen molar-refractivity contribution in [1.29, 1.82) is 0 Å². The Kier molecular flexibility index (Phi) is 4.67. The van der Waals surface area contributed by atoms with Crippen LogP contribution in [0.4, 0.5) is 5.69 Å². The number of anilines is 1. The molecular formula is C18H17NO3S. The van der Waals surface area contributed by atoms with E-state index in [0.29, 0.717) is 17.7 Å². The highest BCUT2D eigenvalue weighted by atomic mass is 32.2. The van der Waals surface area contributed by atoms with Crippen molar-refractivity contribution in [2.75, 3.05) is 11.1 Å². The van der Waals surface area contributed by atoms with E-state index in [1.54, 1.807) is 23.9 Å². The van der Waals surface area contributed by atoms with Gasteiger partial charge in [0.25, 0.3) is 0 Å². The molecule has 1 heterocycles. The fourth-order valence-electron chi connectivity index (χ4n) is 2.35. The molecule has 118 valence electrons. The predicted octanol–water partition coefficient (Wildman–Crippen LogP) is 3.79. The average molecular weight is 327 g/mol. The maximum absolute atomic E-state index is 12.2. The van der Waals surface area contributed by atoms with Crippen molar-refractivity contribution in [3.05, 3.63) is 59.2 Å². The normalized spacial score (nSPS) is 13.7. The highest BCUT2D eigenvalue weighted by molar-refractivity contribution is 7.99. The lowest BCUT2D eigenvalue weighted by molar-refractivity contribution is -0.115. The summed E-state index contributed by atoms with van der Waals surface area (Å²) in [5.74, 6) is 0.330. The van der Waals surface area contributed by atoms with Crippen molar-refractivity contribution in [2.24, 2.45) is 0 Å². The van der Waals surface area contributed by atoms with E-state index in [0.717, 1.165) is 21.8 Å². The van der Waals surface area contributed by atoms with Crippen molar-refractivity contribution in [3.63, 3.8) is 0 Å². The molecule has 0 radical (unpaired) electrons. The van der Waals surface area contributed by atoms with Gasteiger partial charge in [-0.25, -0.2) is 4.79 Å². The van der Waals surface area contributed by atoms with Crippen LogP contribution >= 0.6 is 11.8 Å². The first-order chi connectivity index (χ1) is 11.1. The second kappa shape index (κ2) is 6.87. The Morgan fingerprint density at radius 2 is 2.09 bits per heavy atom. The van der Waals surface area contributed by atoms with Crippen LogP contribution < -0.4 is 5.32 Å². The molecule has 0 bridgehead atoms. The molecule has 3 rings (SSSR count). The molecule has 0 fully saturated rings. The lowest BCUT2D eigenvalue weighted by Gasteiger charge is -2.10. The number of hydrogen-bond donors (Lipinski definition) is 1. The third-order valence-corrected chi connectivity index (χ3v) is 4.77. The first kappa shape index (κ1) is 15.6. The van der Waals surface area contributed by atoms with E-state index in [1.807, 2.05) is 37.3 Å². The van der Waals surface area contributed by atoms with Crippen molar-refractivity contribution in [2.45, 2.75) is 24.8 Å². The topological polar surface area (TPSA) is 55.4 Å². The lowest BCUT2D eigenvalue weighted by atomic mass is 10.1. The number of amides is 1. The Balaban J connectivity index is 1.73. The van der Waals surface area contributed by atoms with Gasteiger partial charge in [0.2, 0.25) is 5.91 Å². The molecule has 2 aromatic rings. The second-order valence-corrected chi connectivity index (χ2v) is 6.50. The zero-order valence-corrected chi connectivity index (χ0v) is 13.6. The molecular weight excluding hydrogens is 310 g/mol. The quantitative estimate of drug-likeness (QED) is 0.872. The number of thioether (sulfide) groups is 1. The summed E-state index contributed by atoms with van der Waals surface area (Å²) in [5, 5.41) is 2.83. The molecule has 1 N–H and O–H groups in total. The Bertz CT molecular complexity index is 758. The summed E-state index contributed by atoms with van der Waals surface area (Å²) in [4.78, 5) is 24.9. The number of nitrogens with one attached hydrogen (secondary N) is 1. The van der Waals surface area contributed by atoms with Gasteiger partial charge in [-0.3, -0.25) is 4.79 Å². The Labute approximate surface area is 139 Å². The molecule has 0 saturated heterocycles. The summed E-state index contributed by atoms with van der Waals surface area (Å²) >= 11 is 1.61. The third kappa shape index (κ3) is 3.74. The van der Waals surface area contributed by atoms with E-state index in [2.05, 4.69) is 5.32 Å². The van der Waals surface area contributed by atoms with Gasteiger partial charge in [0.15, 0.2) is 0 Å². The summed E-state index contributed by atoms with van der Waals surface area (Å²) < 4.78 is 5.39. The number of hydrogen-bond acceptors (Lipinski definition) is 4. The Morgan fingerprint density at radius 3 is 2.91 bits per heavy atom. The number of rotatable bonds is 3. The SMILES string of the molecule is Cc1ccccc1COC(=O)c1ccc2c(c1)NC(=O)CCS2. The molecule has 1 aliphatic rings. The number of benzene rings is 2. The first-order valence-corrected chi connectivity index (χ1v) is 8.40. The maximum atomic E-state index is 12.2. The van der Waals surface area contributed by atoms with Gasteiger partial charge in [0.05, 0.1) is 11.3 Å². The van der Waals surface area contributed by atoms with Gasteiger partial charge in [0.1, 0.15) is 6.61 Å². The van der Waals surface area contributed by atoms with E-state index < -0.39 is 0 Å². The van der Waals surface area contributed by atoms with E-state index in [-0.39, 0.29) is 18.5 Å². The van der Waals surface area contributed by atoms with Crippen LogP contribution in [0.1, 0.15) is 27.9 Å². The molecule has 1 aliphatic heterocycles. The van der Waals surface area contributed by atoms with Gasteiger partial charge in [0, 0.05) is 17.1 Å². The summed E-state index contributed by atoms with van der Waals surface area (Å²) in [6.07, 6.45) is 0.479. The molecule has 0 unspecified atom stereocenters. The molecule has 4 nitrogen and oxygen atoms in total. The van der Waals surface area contributed by atoms with Gasteiger partial charge in [-0.2, -0.15) is 0 Å². The van der Waals surface area contributed by atoms with Gasteiger partial charge >= 0.3 is 5.97 Å². The first-order valence-electron chi connectivity index (χ1n) is 7.42. The molecule has 0 atom stereocenters. The van der Waals surface area contributed by atoms with Crippen LogP contribution in [0.3, 0.4) is 0 Å². The van der Waals surface area contributed by atoms with E-state index in [4.69, 9.17) is 4.74 Å². The van der Waals surface area contributed by atoms with Crippen LogP contribution in [0.15, 0.2) is 47.4 Å². The van der Waals surface area contributed by atoms with Gasteiger partial charge < -0.3 is 10.1 Å². The van der Waals surface area contributed by atoms with Gasteiger partial charge in [-0.15, -0.1) is 11.8 Å². The second-order valence-electron chi connectivity index (χ2n) is 5.36. The molecule has 0 spiro atoms. The number of esters is 1. The number of ether oxygens (including phenoxy) is 1. The highest BCUT2D eigenvalue weighted by Gasteiger charge is 2.16. The Morgan fingerprint density at radius 1 is 1.26 bits per heavy atom. The predicted molar refractivity (Wildman–Crippen MR) is 90.7 cm³/mol. The van der Waals surface area contributed by atoms with Crippen LogP contribution in [0.5, 0.6) is 0 Å². The summed E-state index contributed by atoms with van der Waals surface area (Å²) in [7, 11) is 0. The van der Waals surface area contributed by atoms with Crippen LogP contribution in [0.25, 0.3) is 0 Å². The summed E-state index contributed by atoms with van der Waals surface area (Å²) in [6, 6.07) is 13.1. The van der Waals surface area contributed by atoms with Gasteiger partial charge in [-0.1, -0.05) is 24.3 Å². The zero-order valence-electron chi connectivity index (χ0n) is 12.8.